The van der Waals surface area contributed by atoms with Crippen LogP contribution in [0.2, 0.25) is 0 Å². The predicted molar refractivity (Wildman–Crippen MR) is 144 cm³/mol. The minimum absolute atomic E-state index is 0.0622. The van der Waals surface area contributed by atoms with Gasteiger partial charge in [-0.3, -0.25) is 14.4 Å². The number of esters is 1. The lowest BCUT2D eigenvalue weighted by Crippen LogP contribution is -2.48. The summed E-state index contributed by atoms with van der Waals surface area (Å²) >= 11 is 0. The molecule has 0 radical (unpaired) electrons. The van der Waals surface area contributed by atoms with Gasteiger partial charge in [-0.1, -0.05) is 42.5 Å². The van der Waals surface area contributed by atoms with E-state index in [0.29, 0.717) is 6.42 Å². The Bertz CT molecular complexity index is 1430. The number of nitrogens with one attached hydrogen (secondary N) is 1. The molecule has 0 aromatic heterocycles. The summed E-state index contributed by atoms with van der Waals surface area (Å²) in [7, 11) is -1.97. The van der Waals surface area contributed by atoms with Crippen molar-refractivity contribution in [2.75, 3.05) is 20.8 Å². The van der Waals surface area contributed by atoms with Crippen LogP contribution in [-0.2, 0) is 35.6 Å². The van der Waals surface area contributed by atoms with Crippen LogP contribution in [-0.4, -0.2) is 57.8 Å². The number of rotatable bonds is 11. The molecular weight excluding hydrogens is 527 g/mol. The Morgan fingerprint density at radius 3 is 2.44 bits per heavy atom. The van der Waals surface area contributed by atoms with Crippen LogP contribution in [0.15, 0.2) is 65.6 Å². The fourth-order valence-electron chi connectivity index (χ4n) is 3.89. The first-order valence-electron chi connectivity index (χ1n) is 12.3. The number of hydrogen-bond acceptors (Lipinski definition) is 7. The Morgan fingerprint density at radius 1 is 1.05 bits per heavy atom. The number of halogens is 1. The Kier molecular flexibility index (Phi) is 9.65. The van der Waals surface area contributed by atoms with E-state index in [2.05, 4.69) is 4.72 Å². The third-order valence-electron chi connectivity index (χ3n) is 5.67. The van der Waals surface area contributed by atoms with E-state index in [1.54, 1.807) is 20.8 Å². The van der Waals surface area contributed by atoms with Gasteiger partial charge >= 0.3 is 5.97 Å². The van der Waals surface area contributed by atoms with E-state index in [1.165, 1.54) is 14.2 Å². The summed E-state index contributed by atoms with van der Waals surface area (Å²) in [5, 5.41) is 2.88. The highest BCUT2D eigenvalue weighted by atomic mass is 32.2. The number of carbonyl (C=O) groups is 2. The highest BCUT2D eigenvalue weighted by Gasteiger charge is 2.33. The van der Waals surface area contributed by atoms with Crippen molar-refractivity contribution in [2.45, 2.75) is 50.2 Å². The number of fused-ring (bicyclic) bond motifs is 1. The van der Waals surface area contributed by atoms with E-state index in [0.717, 1.165) is 39.6 Å². The Morgan fingerprint density at radius 2 is 1.74 bits per heavy atom. The molecule has 0 aliphatic rings. The van der Waals surface area contributed by atoms with Crippen LogP contribution in [0.5, 0.6) is 5.75 Å². The van der Waals surface area contributed by atoms with Gasteiger partial charge in [0.25, 0.3) is 5.91 Å². The van der Waals surface area contributed by atoms with E-state index >= 15 is 0 Å². The number of benzene rings is 3. The Hall–Kier alpha value is -3.54. The molecular formula is C28H33FN2O7S. The van der Waals surface area contributed by atoms with Gasteiger partial charge in [0.1, 0.15) is 28.1 Å². The molecule has 0 saturated carbocycles. The highest BCUT2D eigenvalue weighted by molar-refractivity contribution is 7.89. The van der Waals surface area contributed by atoms with Gasteiger partial charge in [0.15, 0.2) is 0 Å². The van der Waals surface area contributed by atoms with E-state index in [9.17, 15) is 22.4 Å². The second-order valence-electron chi connectivity index (χ2n) is 9.81. The van der Waals surface area contributed by atoms with Gasteiger partial charge in [0.05, 0.1) is 20.1 Å². The van der Waals surface area contributed by atoms with Crippen LogP contribution in [0.25, 0.3) is 10.8 Å². The first-order valence-corrected chi connectivity index (χ1v) is 13.7. The molecule has 0 aliphatic carbocycles. The van der Waals surface area contributed by atoms with E-state index in [-0.39, 0.29) is 17.3 Å². The molecule has 3 aromatic carbocycles. The fourth-order valence-corrected chi connectivity index (χ4v) is 5.20. The summed E-state index contributed by atoms with van der Waals surface area (Å²) in [4.78, 5) is 29.8. The van der Waals surface area contributed by atoms with Crippen molar-refractivity contribution in [1.82, 2.24) is 9.79 Å². The van der Waals surface area contributed by atoms with Crippen molar-refractivity contribution < 1.29 is 36.7 Å². The minimum Gasteiger partial charge on any atom is -0.492 e. The van der Waals surface area contributed by atoms with Gasteiger partial charge in [-0.05, 0) is 49.2 Å². The predicted octanol–water partition coefficient (Wildman–Crippen LogP) is 4.00. The number of hydroxylamine groups is 2. The second kappa shape index (κ2) is 12.5. The third kappa shape index (κ3) is 8.22. The normalized spacial score (nSPS) is 12.7. The molecule has 0 spiro atoms. The molecule has 0 bridgehead atoms. The number of likely N-dealkylation sites (N-methyl/N-ethyl adjacent to an activating group) is 1. The van der Waals surface area contributed by atoms with Crippen LogP contribution in [0.4, 0.5) is 4.39 Å². The molecule has 1 atom stereocenters. The molecule has 1 unspecified atom stereocenters. The van der Waals surface area contributed by atoms with Gasteiger partial charge in [-0.2, -0.15) is 4.72 Å². The summed E-state index contributed by atoms with van der Waals surface area (Å²) in [5.41, 5.74) is 0.135. The smallest absolute Gasteiger partial charge is 0.308 e. The van der Waals surface area contributed by atoms with Crippen LogP contribution in [0, 0.1) is 5.82 Å². The first-order chi connectivity index (χ1) is 18.3. The maximum absolute atomic E-state index is 14.1. The van der Waals surface area contributed by atoms with Gasteiger partial charge in [0, 0.05) is 19.5 Å². The third-order valence-corrected chi connectivity index (χ3v) is 7.19. The molecule has 3 aromatic rings. The second-order valence-corrected chi connectivity index (χ2v) is 11.5. The zero-order valence-electron chi connectivity index (χ0n) is 22.6. The van der Waals surface area contributed by atoms with Crippen LogP contribution in [0.1, 0.15) is 32.8 Å². The summed E-state index contributed by atoms with van der Waals surface area (Å²) in [6, 6.07) is 15.1. The standard InChI is InChI=1S/C28H33FN2O7S/c1-28(2,3)38-26(32)18-23(27(33)31(4)36-5)30-39(34,35)25-14-13-21(29)17-24(25)37-16-15-20-11-8-10-19-9-6-7-12-22(19)20/h6-14,17,23,30H,15-16,18H2,1-5H3. The number of hydrogen-bond donors (Lipinski definition) is 1. The summed E-state index contributed by atoms with van der Waals surface area (Å²) in [6.45, 7) is 5.00. The molecule has 1 N–H and O–H groups in total. The maximum atomic E-state index is 14.1. The number of carbonyl (C=O) groups excluding carboxylic acids is 2. The molecule has 0 saturated heterocycles. The Balaban J connectivity index is 1.83. The lowest BCUT2D eigenvalue weighted by atomic mass is 10.0. The zero-order valence-corrected chi connectivity index (χ0v) is 23.4. The number of ether oxygens (including phenoxy) is 2. The van der Waals surface area contributed by atoms with Crippen LogP contribution >= 0.6 is 0 Å². The fraction of sp³-hybridized carbons (Fsp3) is 0.357. The zero-order chi connectivity index (χ0) is 28.8. The van der Waals surface area contributed by atoms with Gasteiger partial charge in [-0.15, -0.1) is 0 Å². The van der Waals surface area contributed by atoms with Crippen LogP contribution in [0.3, 0.4) is 0 Å². The number of amides is 1. The number of sulfonamides is 1. The lowest BCUT2D eigenvalue weighted by Gasteiger charge is -2.25. The minimum atomic E-state index is -4.47. The molecule has 0 heterocycles. The highest BCUT2D eigenvalue weighted by Crippen LogP contribution is 2.27. The molecule has 1 amide bonds. The molecule has 11 heteroatoms. The van der Waals surface area contributed by atoms with Crippen molar-refractivity contribution in [2.24, 2.45) is 0 Å². The topological polar surface area (TPSA) is 111 Å². The molecule has 3 rings (SSSR count). The van der Waals surface area contributed by atoms with E-state index in [1.807, 2.05) is 42.5 Å². The van der Waals surface area contributed by atoms with Gasteiger partial charge in [-0.25, -0.2) is 17.9 Å². The maximum Gasteiger partial charge on any atom is 0.308 e. The van der Waals surface area contributed by atoms with Crippen molar-refractivity contribution in [3.63, 3.8) is 0 Å². The number of nitrogens with zero attached hydrogens (tertiary/aromatic N) is 1. The lowest BCUT2D eigenvalue weighted by molar-refractivity contribution is -0.173. The molecule has 39 heavy (non-hydrogen) atoms. The average molecular weight is 561 g/mol. The van der Waals surface area contributed by atoms with Crippen molar-refractivity contribution in [3.8, 4) is 5.75 Å². The van der Waals surface area contributed by atoms with E-state index < -0.39 is 45.8 Å². The van der Waals surface area contributed by atoms with E-state index in [4.69, 9.17) is 14.3 Å². The summed E-state index contributed by atoms with van der Waals surface area (Å²) < 4.78 is 54.1. The average Bonchev–Trinajstić information content (AvgIpc) is 2.86. The molecule has 9 nitrogen and oxygen atoms in total. The monoisotopic (exact) mass is 560 g/mol. The first kappa shape index (κ1) is 30.0. The van der Waals surface area contributed by atoms with Gasteiger partial charge < -0.3 is 9.47 Å². The van der Waals surface area contributed by atoms with Crippen LogP contribution < -0.4 is 9.46 Å². The van der Waals surface area contributed by atoms with Gasteiger partial charge in [0.2, 0.25) is 10.0 Å². The quantitative estimate of drug-likeness (QED) is 0.279. The summed E-state index contributed by atoms with van der Waals surface area (Å²) in [6.07, 6.45) is -0.162. The van der Waals surface area contributed by atoms with Crippen molar-refractivity contribution in [1.29, 1.82) is 0 Å². The SMILES string of the molecule is CON(C)C(=O)C(CC(=O)OC(C)(C)C)NS(=O)(=O)c1ccc(F)cc1OCCc1cccc2ccccc12. The molecule has 210 valence electrons. The largest absolute Gasteiger partial charge is 0.492 e. The summed E-state index contributed by atoms with van der Waals surface area (Å²) in [5.74, 6) is -2.55. The van der Waals surface area contributed by atoms with Crippen molar-refractivity contribution >= 4 is 32.7 Å². The Labute approximate surface area is 227 Å². The van der Waals surface area contributed by atoms with Crippen molar-refractivity contribution in [3.05, 3.63) is 72.0 Å². The molecule has 0 aliphatic heterocycles. The molecule has 0 fully saturated rings.